The Morgan fingerprint density at radius 2 is 2.00 bits per heavy atom. The van der Waals surface area contributed by atoms with Crippen molar-refractivity contribution >= 4 is 0 Å². The van der Waals surface area contributed by atoms with Crippen LogP contribution in [0.3, 0.4) is 0 Å². The van der Waals surface area contributed by atoms with Gasteiger partial charge in [0, 0.05) is 18.1 Å². The van der Waals surface area contributed by atoms with Crippen LogP contribution in [0.1, 0.15) is 33.6 Å². The minimum Gasteiger partial charge on any atom is -0.316 e. The van der Waals surface area contributed by atoms with E-state index in [0.717, 1.165) is 6.42 Å². The Morgan fingerprint density at radius 3 is 2.35 bits per heavy atom. The molecule has 0 bridgehead atoms. The van der Waals surface area contributed by atoms with E-state index < -0.39 is 17.6 Å². The fourth-order valence-corrected chi connectivity index (χ4v) is 2.73. The molecule has 1 fully saturated rings. The van der Waals surface area contributed by atoms with E-state index >= 15 is 0 Å². The number of hydrogen-bond donors (Lipinski definition) is 1. The Balaban J connectivity index is 2.72. The zero-order valence-corrected chi connectivity index (χ0v) is 11.1. The molecule has 1 aliphatic heterocycles. The fraction of sp³-hybridized carbons (Fsp3) is 1.00. The molecule has 1 N–H and O–H groups in total. The van der Waals surface area contributed by atoms with Crippen molar-refractivity contribution < 1.29 is 13.2 Å². The maximum absolute atomic E-state index is 12.9. The Kier molecular flexibility index (Phi) is 4.47. The smallest absolute Gasteiger partial charge is 0.316 e. The van der Waals surface area contributed by atoms with Crippen molar-refractivity contribution in [3.05, 3.63) is 0 Å². The SMILES string of the molecule is CCC(CN1CCC(C(F)(F)F)C1(C)C)NC. The summed E-state index contributed by atoms with van der Waals surface area (Å²) in [6.45, 7) is 6.69. The lowest BCUT2D eigenvalue weighted by atomic mass is 9.87. The van der Waals surface area contributed by atoms with Gasteiger partial charge in [-0.25, -0.2) is 0 Å². The first kappa shape index (κ1) is 14.8. The molecule has 0 saturated carbocycles. The van der Waals surface area contributed by atoms with Gasteiger partial charge in [-0.1, -0.05) is 6.92 Å². The minimum absolute atomic E-state index is 0.219. The molecule has 1 heterocycles. The van der Waals surface area contributed by atoms with Crippen molar-refractivity contribution in [2.45, 2.75) is 51.4 Å². The number of nitrogens with one attached hydrogen (secondary N) is 1. The summed E-state index contributed by atoms with van der Waals surface area (Å²) >= 11 is 0. The van der Waals surface area contributed by atoms with E-state index in [4.69, 9.17) is 0 Å². The zero-order chi connectivity index (χ0) is 13.3. The molecule has 0 aliphatic carbocycles. The number of alkyl halides is 3. The van der Waals surface area contributed by atoms with Gasteiger partial charge in [0.2, 0.25) is 0 Å². The summed E-state index contributed by atoms with van der Waals surface area (Å²) in [7, 11) is 1.86. The first-order valence-electron chi connectivity index (χ1n) is 6.22. The van der Waals surface area contributed by atoms with E-state index in [9.17, 15) is 13.2 Å². The largest absolute Gasteiger partial charge is 0.393 e. The van der Waals surface area contributed by atoms with E-state index in [0.29, 0.717) is 13.1 Å². The van der Waals surface area contributed by atoms with Crippen LogP contribution >= 0.6 is 0 Å². The molecular weight excluding hydrogens is 229 g/mol. The van der Waals surface area contributed by atoms with Gasteiger partial charge in [-0.3, -0.25) is 4.90 Å². The number of hydrogen-bond acceptors (Lipinski definition) is 2. The van der Waals surface area contributed by atoms with E-state index in [-0.39, 0.29) is 12.5 Å². The summed E-state index contributed by atoms with van der Waals surface area (Å²) < 4.78 is 38.7. The third-order valence-corrected chi connectivity index (χ3v) is 4.09. The standard InChI is InChI=1S/C12H23F3N2/c1-5-9(16-4)8-17-7-6-10(11(17,2)3)12(13,14)15/h9-10,16H,5-8H2,1-4H3. The van der Waals surface area contributed by atoms with E-state index in [1.54, 1.807) is 13.8 Å². The summed E-state index contributed by atoms with van der Waals surface area (Å²) in [5, 5.41) is 3.15. The van der Waals surface area contributed by atoms with Crippen LogP contribution in [0.5, 0.6) is 0 Å². The molecule has 0 aromatic rings. The predicted molar refractivity (Wildman–Crippen MR) is 63.0 cm³/mol. The van der Waals surface area contributed by atoms with Gasteiger partial charge in [0.25, 0.3) is 0 Å². The molecule has 5 heteroatoms. The van der Waals surface area contributed by atoms with Gasteiger partial charge in [-0.2, -0.15) is 13.2 Å². The van der Waals surface area contributed by atoms with Crippen LogP contribution in [-0.2, 0) is 0 Å². The predicted octanol–water partition coefficient (Wildman–Crippen LogP) is 2.65. The van der Waals surface area contributed by atoms with Crippen molar-refractivity contribution in [3.63, 3.8) is 0 Å². The molecule has 17 heavy (non-hydrogen) atoms. The van der Waals surface area contributed by atoms with Crippen LogP contribution < -0.4 is 5.32 Å². The number of halogens is 3. The summed E-state index contributed by atoms with van der Waals surface area (Å²) in [5.41, 5.74) is -0.789. The molecule has 2 unspecified atom stereocenters. The molecule has 1 rings (SSSR count). The average Bonchev–Trinajstić information content (AvgIpc) is 2.49. The quantitative estimate of drug-likeness (QED) is 0.827. The fourth-order valence-electron chi connectivity index (χ4n) is 2.73. The molecule has 1 aliphatic rings. The lowest BCUT2D eigenvalue weighted by Crippen LogP contribution is -2.51. The summed E-state index contributed by atoms with van der Waals surface area (Å²) in [5.74, 6) is -1.20. The van der Waals surface area contributed by atoms with E-state index in [2.05, 4.69) is 5.32 Å². The van der Waals surface area contributed by atoms with Crippen molar-refractivity contribution in [1.82, 2.24) is 10.2 Å². The zero-order valence-electron chi connectivity index (χ0n) is 11.1. The normalized spacial score (nSPS) is 27.4. The Labute approximate surface area is 102 Å². The highest BCUT2D eigenvalue weighted by Gasteiger charge is 2.54. The van der Waals surface area contributed by atoms with E-state index in [1.165, 1.54) is 0 Å². The second kappa shape index (κ2) is 5.14. The molecule has 2 nitrogen and oxygen atoms in total. The van der Waals surface area contributed by atoms with Gasteiger partial charge in [0.15, 0.2) is 0 Å². The van der Waals surface area contributed by atoms with Crippen molar-refractivity contribution in [2.75, 3.05) is 20.1 Å². The van der Waals surface area contributed by atoms with Crippen LogP contribution in [0.25, 0.3) is 0 Å². The average molecular weight is 252 g/mol. The molecular formula is C12H23F3N2. The third-order valence-electron chi connectivity index (χ3n) is 4.09. The molecule has 0 amide bonds. The third kappa shape index (κ3) is 3.13. The monoisotopic (exact) mass is 252 g/mol. The molecule has 0 radical (unpaired) electrons. The van der Waals surface area contributed by atoms with Gasteiger partial charge in [-0.15, -0.1) is 0 Å². The van der Waals surface area contributed by atoms with Crippen LogP contribution in [0.2, 0.25) is 0 Å². The van der Waals surface area contributed by atoms with Gasteiger partial charge in [0.05, 0.1) is 5.92 Å². The highest BCUT2D eigenvalue weighted by Crippen LogP contribution is 2.44. The van der Waals surface area contributed by atoms with Crippen LogP contribution in [0, 0.1) is 5.92 Å². The first-order chi connectivity index (χ1) is 7.73. The topological polar surface area (TPSA) is 15.3 Å². The second-order valence-electron chi connectivity index (χ2n) is 5.38. The highest BCUT2D eigenvalue weighted by atomic mass is 19.4. The Bertz CT molecular complexity index is 247. The maximum atomic E-state index is 12.9. The van der Waals surface area contributed by atoms with Crippen LogP contribution in [0.15, 0.2) is 0 Å². The van der Waals surface area contributed by atoms with Gasteiger partial charge < -0.3 is 5.32 Å². The Morgan fingerprint density at radius 1 is 1.41 bits per heavy atom. The van der Waals surface area contributed by atoms with Crippen LogP contribution in [-0.4, -0.2) is 42.8 Å². The Hall–Kier alpha value is -0.290. The number of rotatable bonds is 4. The number of nitrogens with zero attached hydrogens (tertiary/aromatic N) is 1. The molecule has 2 atom stereocenters. The molecule has 0 aromatic heterocycles. The van der Waals surface area contributed by atoms with Crippen molar-refractivity contribution in [2.24, 2.45) is 5.92 Å². The minimum atomic E-state index is -4.08. The van der Waals surface area contributed by atoms with Gasteiger partial charge in [-0.05, 0) is 40.3 Å². The van der Waals surface area contributed by atoms with Crippen molar-refractivity contribution in [1.29, 1.82) is 0 Å². The lowest BCUT2D eigenvalue weighted by molar-refractivity contribution is -0.191. The van der Waals surface area contributed by atoms with Crippen LogP contribution in [0.4, 0.5) is 13.2 Å². The number of likely N-dealkylation sites (N-methyl/N-ethyl adjacent to an activating group) is 1. The van der Waals surface area contributed by atoms with Gasteiger partial charge >= 0.3 is 6.18 Å². The summed E-state index contributed by atoms with van der Waals surface area (Å²) in [4.78, 5) is 1.97. The molecule has 0 aromatic carbocycles. The summed E-state index contributed by atoms with van der Waals surface area (Å²) in [6, 6.07) is 0.265. The molecule has 102 valence electrons. The lowest BCUT2D eigenvalue weighted by Gasteiger charge is -2.38. The number of likely N-dealkylation sites (tertiary alicyclic amines) is 1. The molecule has 0 spiro atoms. The second-order valence-corrected chi connectivity index (χ2v) is 5.38. The molecule has 1 saturated heterocycles. The van der Waals surface area contributed by atoms with Crippen molar-refractivity contribution in [3.8, 4) is 0 Å². The van der Waals surface area contributed by atoms with E-state index in [1.807, 2.05) is 18.9 Å². The van der Waals surface area contributed by atoms with Gasteiger partial charge in [0.1, 0.15) is 0 Å². The highest BCUT2D eigenvalue weighted by molar-refractivity contribution is 4.99. The maximum Gasteiger partial charge on any atom is 0.393 e. The summed E-state index contributed by atoms with van der Waals surface area (Å²) in [6.07, 6.45) is -2.93. The first-order valence-corrected chi connectivity index (χ1v) is 6.22.